The zero-order chi connectivity index (χ0) is 18.7. The van der Waals surface area contributed by atoms with Crippen molar-refractivity contribution >= 4 is 0 Å². The molecule has 0 bridgehead atoms. The number of methoxy groups -OCH3 is 3. The second kappa shape index (κ2) is 7.60. The molecule has 5 nitrogen and oxygen atoms in total. The van der Waals surface area contributed by atoms with Crippen LogP contribution in [0.3, 0.4) is 0 Å². The van der Waals surface area contributed by atoms with Gasteiger partial charge in [-0.2, -0.15) is 0 Å². The molecule has 0 radical (unpaired) electrons. The molecule has 5 heteroatoms. The van der Waals surface area contributed by atoms with Gasteiger partial charge in [-0.3, -0.25) is 0 Å². The highest BCUT2D eigenvalue weighted by atomic mass is 16.6. The number of benzene rings is 2. The van der Waals surface area contributed by atoms with Gasteiger partial charge in [-0.25, -0.2) is 0 Å². The molecule has 0 N–H and O–H groups in total. The Labute approximate surface area is 154 Å². The van der Waals surface area contributed by atoms with E-state index in [2.05, 4.69) is 6.58 Å². The highest BCUT2D eigenvalue weighted by Crippen LogP contribution is 2.46. The third-order valence-electron chi connectivity index (χ3n) is 4.40. The highest BCUT2D eigenvalue weighted by Gasteiger charge is 2.32. The fourth-order valence-electron chi connectivity index (χ4n) is 3.12. The molecule has 0 unspecified atom stereocenters. The number of rotatable bonds is 6. The fraction of sp³-hybridized carbons (Fsp3) is 0.333. The Morgan fingerprint density at radius 1 is 0.962 bits per heavy atom. The van der Waals surface area contributed by atoms with Crippen LogP contribution in [0.15, 0.2) is 43.0 Å². The summed E-state index contributed by atoms with van der Waals surface area (Å²) in [6, 6.07) is 9.67. The van der Waals surface area contributed by atoms with Crippen LogP contribution in [0.4, 0.5) is 0 Å². The first-order chi connectivity index (χ1) is 12.6. The summed E-state index contributed by atoms with van der Waals surface area (Å²) in [4.78, 5) is 0. The largest absolute Gasteiger partial charge is 0.493 e. The lowest BCUT2D eigenvalue weighted by molar-refractivity contribution is 0.0279. The molecular formula is C21H24O5. The van der Waals surface area contributed by atoms with E-state index in [4.69, 9.17) is 23.7 Å². The van der Waals surface area contributed by atoms with E-state index in [1.807, 2.05) is 43.3 Å². The molecule has 2 aromatic carbocycles. The van der Waals surface area contributed by atoms with Gasteiger partial charge >= 0.3 is 0 Å². The van der Waals surface area contributed by atoms with Crippen LogP contribution in [-0.2, 0) is 6.42 Å². The minimum Gasteiger partial charge on any atom is -0.493 e. The molecule has 0 aromatic heterocycles. The lowest BCUT2D eigenvalue weighted by atomic mass is 10.0. The number of hydrogen-bond acceptors (Lipinski definition) is 5. The minimum absolute atomic E-state index is 0.195. The molecule has 0 saturated carbocycles. The topological polar surface area (TPSA) is 46.2 Å². The maximum Gasteiger partial charge on any atom is 0.204 e. The Kier molecular flexibility index (Phi) is 5.26. The maximum atomic E-state index is 6.30. The first kappa shape index (κ1) is 18.0. The molecule has 0 fully saturated rings. The van der Waals surface area contributed by atoms with Crippen LogP contribution in [0, 0.1) is 0 Å². The van der Waals surface area contributed by atoms with E-state index in [0.717, 1.165) is 17.5 Å². The highest BCUT2D eigenvalue weighted by molar-refractivity contribution is 5.56. The second-order valence-electron chi connectivity index (χ2n) is 6.09. The van der Waals surface area contributed by atoms with Crippen LogP contribution >= 0.6 is 0 Å². The quantitative estimate of drug-likeness (QED) is 0.721. The molecule has 1 aliphatic rings. The van der Waals surface area contributed by atoms with Gasteiger partial charge in [0.15, 0.2) is 29.1 Å². The van der Waals surface area contributed by atoms with Gasteiger partial charge < -0.3 is 23.7 Å². The van der Waals surface area contributed by atoms with Gasteiger partial charge in [-0.15, -0.1) is 6.58 Å². The third-order valence-corrected chi connectivity index (χ3v) is 4.40. The van der Waals surface area contributed by atoms with Crippen molar-refractivity contribution in [1.29, 1.82) is 0 Å². The predicted octanol–water partition coefficient (Wildman–Crippen LogP) is 4.34. The third kappa shape index (κ3) is 3.29. The lowest BCUT2D eigenvalue weighted by Gasteiger charge is -2.33. The van der Waals surface area contributed by atoms with E-state index in [9.17, 15) is 0 Å². The molecule has 3 rings (SSSR count). The Hall–Kier alpha value is -2.82. The first-order valence-electron chi connectivity index (χ1n) is 8.48. The number of ether oxygens (including phenoxy) is 5. The first-order valence-corrected chi connectivity index (χ1v) is 8.48. The SMILES string of the molecule is C=CCc1cc(OC)c2c(c1)O[C@@H](c1ccc(OC)c(OC)c1)[C@@H](C)O2. The number of allylic oxidation sites excluding steroid dienone is 1. The Morgan fingerprint density at radius 3 is 2.35 bits per heavy atom. The molecule has 26 heavy (non-hydrogen) atoms. The molecule has 0 amide bonds. The molecular weight excluding hydrogens is 332 g/mol. The number of hydrogen-bond donors (Lipinski definition) is 0. The monoisotopic (exact) mass is 356 g/mol. The van der Waals surface area contributed by atoms with Gasteiger partial charge in [-0.1, -0.05) is 12.1 Å². The van der Waals surface area contributed by atoms with Crippen LogP contribution in [-0.4, -0.2) is 27.4 Å². The van der Waals surface area contributed by atoms with Gasteiger partial charge in [0, 0.05) is 5.56 Å². The summed E-state index contributed by atoms with van der Waals surface area (Å²) in [5.74, 6) is 3.29. The molecule has 1 heterocycles. The van der Waals surface area contributed by atoms with Crippen LogP contribution in [0.2, 0.25) is 0 Å². The van der Waals surface area contributed by atoms with E-state index in [0.29, 0.717) is 28.7 Å². The van der Waals surface area contributed by atoms with Crippen molar-refractivity contribution in [2.24, 2.45) is 0 Å². The van der Waals surface area contributed by atoms with Crippen molar-refractivity contribution in [2.75, 3.05) is 21.3 Å². The summed E-state index contributed by atoms with van der Waals surface area (Å²) >= 11 is 0. The normalized spacial score (nSPS) is 18.2. The average molecular weight is 356 g/mol. The van der Waals surface area contributed by atoms with E-state index < -0.39 is 0 Å². The van der Waals surface area contributed by atoms with E-state index in [-0.39, 0.29) is 12.2 Å². The molecule has 2 aromatic rings. The van der Waals surface area contributed by atoms with E-state index in [1.165, 1.54) is 0 Å². The minimum atomic E-state index is -0.272. The average Bonchev–Trinajstić information content (AvgIpc) is 2.66. The summed E-state index contributed by atoms with van der Waals surface area (Å²) < 4.78 is 28.6. The Bertz CT molecular complexity index is 799. The zero-order valence-electron chi connectivity index (χ0n) is 15.6. The Balaban J connectivity index is 1.98. The molecule has 0 saturated heterocycles. The zero-order valence-corrected chi connectivity index (χ0v) is 15.6. The van der Waals surface area contributed by atoms with Gasteiger partial charge in [0.25, 0.3) is 0 Å². The molecule has 0 aliphatic carbocycles. The van der Waals surface area contributed by atoms with Gasteiger partial charge in [0.05, 0.1) is 21.3 Å². The van der Waals surface area contributed by atoms with Gasteiger partial charge in [0.2, 0.25) is 5.75 Å². The summed E-state index contributed by atoms with van der Waals surface area (Å²) in [7, 11) is 4.86. The summed E-state index contributed by atoms with van der Waals surface area (Å²) in [5.41, 5.74) is 2.01. The smallest absolute Gasteiger partial charge is 0.204 e. The van der Waals surface area contributed by atoms with Crippen molar-refractivity contribution < 1.29 is 23.7 Å². The second-order valence-corrected chi connectivity index (χ2v) is 6.09. The summed E-state index contributed by atoms with van der Waals surface area (Å²) in [6.45, 7) is 5.77. The fourth-order valence-corrected chi connectivity index (χ4v) is 3.12. The van der Waals surface area contributed by atoms with Gasteiger partial charge in [0.1, 0.15) is 6.10 Å². The van der Waals surface area contributed by atoms with Crippen molar-refractivity contribution in [3.8, 4) is 28.7 Å². The van der Waals surface area contributed by atoms with Crippen molar-refractivity contribution in [3.63, 3.8) is 0 Å². The van der Waals surface area contributed by atoms with Gasteiger partial charge in [-0.05, 0) is 43.2 Å². The van der Waals surface area contributed by atoms with Crippen LogP contribution < -0.4 is 23.7 Å². The molecule has 2 atom stereocenters. The van der Waals surface area contributed by atoms with Crippen LogP contribution in [0.1, 0.15) is 24.2 Å². The van der Waals surface area contributed by atoms with Crippen molar-refractivity contribution in [1.82, 2.24) is 0 Å². The van der Waals surface area contributed by atoms with E-state index >= 15 is 0 Å². The van der Waals surface area contributed by atoms with E-state index in [1.54, 1.807) is 21.3 Å². The lowest BCUT2D eigenvalue weighted by Crippen LogP contribution is -2.31. The summed E-state index contributed by atoms with van der Waals surface area (Å²) in [5, 5.41) is 0. The molecule has 138 valence electrons. The van der Waals surface area contributed by atoms with Crippen molar-refractivity contribution in [2.45, 2.75) is 25.6 Å². The predicted molar refractivity (Wildman–Crippen MR) is 99.9 cm³/mol. The molecule has 0 spiro atoms. The molecule has 1 aliphatic heterocycles. The Morgan fingerprint density at radius 2 is 1.69 bits per heavy atom. The van der Waals surface area contributed by atoms with Crippen LogP contribution in [0.25, 0.3) is 0 Å². The standard InChI is InChI=1S/C21H24O5/c1-6-7-14-10-18(24-5)21-19(11-14)26-20(13(2)25-21)15-8-9-16(22-3)17(12-15)23-4/h6,8-13,20H,1,7H2,2-5H3/t13-,20-/m1/s1. The van der Waals surface area contributed by atoms with Crippen molar-refractivity contribution in [3.05, 3.63) is 54.1 Å². The van der Waals surface area contributed by atoms with Crippen LogP contribution in [0.5, 0.6) is 28.7 Å². The number of fused-ring (bicyclic) bond motifs is 1. The maximum absolute atomic E-state index is 6.30. The summed E-state index contributed by atoms with van der Waals surface area (Å²) in [6.07, 6.45) is 2.11.